The summed E-state index contributed by atoms with van der Waals surface area (Å²) in [5, 5.41) is 3.57. The smallest absolute Gasteiger partial charge is 0.233 e. The van der Waals surface area contributed by atoms with Gasteiger partial charge < -0.3 is 11.1 Å². The fourth-order valence-corrected chi connectivity index (χ4v) is 2.55. The molecule has 3 nitrogen and oxygen atoms in total. The maximum absolute atomic E-state index is 12.1. The Bertz CT molecular complexity index is 500. The topological polar surface area (TPSA) is 55.1 Å². The Labute approximate surface area is 117 Å². The van der Waals surface area contributed by atoms with Crippen LogP contribution in [0.15, 0.2) is 24.3 Å². The van der Waals surface area contributed by atoms with Crippen LogP contribution in [-0.2, 0) is 4.79 Å². The van der Waals surface area contributed by atoms with Crippen molar-refractivity contribution in [3.05, 3.63) is 34.9 Å². The van der Waals surface area contributed by atoms with Crippen molar-refractivity contribution in [3.63, 3.8) is 0 Å². The van der Waals surface area contributed by atoms with E-state index in [9.17, 15) is 4.79 Å². The van der Waals surface area contributed by atoms with Crippen molar-refractivity contribution in [2.45, 2.75) is 25.8 Å². The minimum Gasteiger partial charge on any atom is -0.392 e. The van der Waals surface area contributed by atoms with Crippen LogP contribution in [0.1, 0.15) is 31.4 Å². The van der Waals surface area contributed by atoms with E-state index >= 15 is 0 Å². The SMILES string of the molecule is CC(NC(=O)C1(C(N)=S)CC1)c1ccccc1Cl. The highest BCUT2D eigenvalue weighted by Gasteiger charge is 2.52. The molecule has 1 saturated carbocycles. The van der Waals surface area contributed by atoms with E-state index in [1.54, 1.807) is 6.07 Å². The molecule has 0 radical (unpaired) electrons. The molecular formula is C13H15ClN2OS. The number of amides is 1. The first-order valence-electron chi connectivity index (χ1n) is 5.83. The molecule has 1 aromatic carbocycles. The zero-order valence-electron chi connectivity index (χ0n) is 10.1. The molecule has 18 heavy (non-hydrogen) atoms. The van der Waals surface area contributed by atoms with Gasteiger partial charge in [0.1, 0.15) is 0 Å². The predicted molar refractivity (Wildman–Crippen MR) is 76.5 cm³/mol. The Kier molecular flexibility index (Phi) is 3.59. The van der Waals surface area contributed by atoms with Crippen molar-refractivity contribution >= 4 is 34.7 Å². The average molecular weight is 283 g/mol. The Morgan fingerprint density at radius 2 is 2.11 bits per heavy atom. The number of thiocarbonyl (C=S) groups is 1. The average Bonchev–Trinajstić information content (AvgIpc) is 3.10. The van der Waals surface area contributed by atoms with Gasteiger partial charge in [-0.3, -0.25) is 4.79 Å². The van der Waals surface area contributed by atoms with E-state index in [1.807, 2.05) is 25.1 Å². The van der Waals surface area contributed by atoms with Crippen LogP contribution in [-0.4, -0.2) is 10.9 Å². The van der Waals surface area contributed by atoms with Crippen molar-refractivity contribution in [2.75, 3.05) is 0 Å². The van der Waals surface area contributed by atoms with E-state index in [0.717, 1.165) is 18.4 Å². The van der Waals surface area contributed by atoms with Gasteiger partial charge in [-0.15, -0.1) is 0 Å². The zero-order chi connectivity index (χ0) is 13.3. The molecule has 1 atom stereocenters. The highest BCUT2D eigenvalue weighted by atomic mass is 35.5. The summed E-state index contributed by atoms with van der Waals surface area (Å²) < 4.78 is 0. The van der Waals surface area contributed by atoms with Crippen molar-refractivity contribution in [1.82, 2.24) is 5.32 Å². The van der Waals surface area contributed by atoms with Crippen molar-refractivity contribution in [1.29, 1.82) is 0 Å². The van der Waals surface area contributed by atoms with Gasteiger partial charge in [0.25, 0.3) is 0 Å². The lowest BCUT2D eigenvalue weighted by molar-refractivity contribution is -0.124. The first-order chi connectivity index (χ1) is 8.47. The maximum atomic E-state index is 12.1. The third-order valence-corrected chi connectivity index (χ3v) is 4.11. The number of nitrogens with one attached hydrogen (secondary N) is 1. The number of rotatable bonds is 4. The lowest BCUT2D eigenvalue weighted by atomic mass is 10.0. The second-order valence-electron chi connectivity index (χ2n) is 4.66. The van der Waals surface area contributed by atoms with Gasteiger partial charge in [0, 0.05) is 5.02 Å². The minimum atomic E-state index is -0.620. The fraction of sp³-hybridized carbons (Fsp3) is 0.385. The molecule has 1 aliphatic rings. The highest BCUT2D eigenvalue weighted by Crippen LogP contribution is 2.46. The summed E-state index contributed by atoms with van der Waals surface area (Å²) in [5.74, 6) is -0.0950. The number of nitrogens with two attached hydrogens (primary N) is 1. The van der Waals surface area contributed by atoms with E-state index < -0.39 is 5.41 Å². The van der Waals surface area contributed by atoms with Gasteiger partial charge in [-0.05, 0) is 31.4 Å². The molecule has 1 aromatic rings. The van der Waals surface area contributed by atoms with Crippen molar-refractivity contribution in [2.24, 2.45) is 11.1 Å². The number of halogens is 1. The first kappa shape index (κ1) is 13.3. The van der Waals surface area contributed by atoms with Crippen LogP contribution in [0.4, 0.5) is 0 Å². The summed E-state index contributed by atoms with van der Waals surface area (Å²) in [6, 6.07) is 7.30. The number of hydrogen-bond donors (Lipinski definition) is 2. The van der Waals surface area contributed by atoms with Gasteiger partial charge in [0.15, 0.2) is 0 Å². The summed E-state index contributed by atoms with van der Waals surface area (Å²) in [6.07, 6.45) is 1.48. The van der Waals surface area contributed by atoms with Crippen LogP contribution in [0.3, 0.4) is 0 Å². The van der Waals surface area contributed by atoms with E-state index in [1.165, 1.54) is 0 Å². The largest absolute Gasteiger partial charge is 0.392 e. The van der Waals surface area contributed by atoms with Gasteiger partial charge in [0.2, 0.25) is 5.91 Å². The van der Waals surface area contributed by atoms with E-state index in [2.05, 4.69) is 5.32 Å². The minimum absolute atomic E-state index is 0.0950. The number of carbonyl (C=O) groups is 1. The first-order valence-corrected chi connectivity index (χ1v) is 6.61. The van der Waals surface area contributed by atoms with Crippen LogP contribution >= 0.6 is 23.8 Å². The van der Waals surface area contributed by atoms with E-state index in [-0.39, 0.29) is 16.9 Å². The van der Waals surface area contributed by atoms with Crippen LogP contribution in [0, 0.1) is 5.41 Å². The summed E-state index contributed by atoms with van der Waals surface area (Å²) in [6.45, 7) is 1.90. The van der Waals surface area contributed by atoms with Gasteiger partial charge in [-0.1, -0.05) is 42.0 Å². The quantitative estimate of drug-likeness (QED) is 0.835. The van der Waals surface area contributed by atoms with Gasteiger partial charge in [-0.25, -0.2) is 0 Å². The third kappa shape index (κ3) is 2.35. The molecule has 0 heterocycles. The summed E-state index contributed by atoms with van der Waals surface area (Å²) in [7, 11) is 0. The van der Waals surface area contributed by atoms with Gasteiger partial charge in [-0.2, -0.15) is 0 Å². The summed E-state index contributed by atoms with van der Waals surface area (Å²) in [4.78, 5) is 12.4. The molecule has 0 spiro atoms. The highest BCUT2D eigenvalue weighted by molar-refractivity contribution is 7.80. The lowest BCUT2D eigenvalue weighted by Crippen LogP contribution is -2.40. The Morgan fingerprint density at radius 3 is 2.61 bits per heavy atom. The monoisotopic (exact) mass is 282 g/mol. The lowest BCUT2D eigenvalue weighted by Gasteiger charge is -2.19. The molecule has 5 heteroatoms. The van der Waals surface area contributed by atoms with Crippen molar-refractivity contribution in [3.8, 4) is 0 Å². The summed E-state index contributed by atoms with van der Waals surface area (Å²) >= 11 is 11.0. The fourth-order valence-electron chi connectivity index (χ4n) is 1.95. The van der Waals surface area contributed by atoms with Crippen LogP contribution in [0.25, 0.3) is 0 Å². The van der Waals surface area contributed by atoms with Gasteiger partial charge >= 0.3 is 0 Å². The number of benzene rings is 1. The molecule has 1 unspecified atom stereocenters. The third-order valence-electron chi connectivity index (χ3n) is 3.38. The second kappa shape index (κ2) is 4.86. The predicted octanol–water partition coefficient (Wildman–Crippen LogP) is 2.58. The molecular weight excluding hydrogens is 268 g/mol. The molecule has 1 fully saturated rings. The number of hydrogen-bond acceptors (Lipinski definition) is 2. The molecule has 2 rings (SSSR count). The van der Waals surface area contributed by atoms with Crippen molar-refractivity contribution < 1.29 is 4.79 Å². The van der Waals surface area contributed by atoms with Gasteiger partial charge in [0.05, 0.1) is 16.4 Å². The van der Waals surface area contributed by atoms with Crippen LogP contribution in [0.5, 0.6) is 0 Å². The molecule has 1 aliphatic carbocycles. The van der Waals surface area contributed by atoms with Crippen LogP contribution < -0.4 is 11.1 Å². The molecule has 0 saturated heterocycles. The second-order valence-corrected chi connectivity index (χ2v) is 5.51. The number of carbonyl (C=O) groups excluding carboxylic acids is 1. The Balaban J connectivity index is 2.09. The Morgan fingerprint density at radius 1 is 1.50 bits per heavy atom. The molecule has 96 valence electrons. The zero-order valence-corrected chi connectivity index (χ0v) is 11.6. The normalized spacial score (nSPS) is 17.9. The maximum Gasteiger partial charge on any atom is 0.233 e. The molecule has 1 amide bonds. The molecule has 0 aromatic heterocycles. The van der Waals surface area contributed by atoms with E-state index in [0.29, 0.717) is 5.02 Å². The molecule has 0 aliphatic heterocycles. The van der Waals surface area contributed by atoms with Crippen LogP contribution in [0.2, 0.25) is 5.02 Å². The Hall–Kier alpha value is -1.13. The summed E-state index contributed by atoms with van der Waals surface area (Å²) in [5.41, 5.74) is 5.90. The standard InChI is InChI=1S/C13H15ClN2OS/c1-8(9-4-2-3-5-10(9)14)16-12(17)13(6-7-13)11(15)18/h2-5,8H,6-7H2,1H3,(H2,15,18)(H,16,17). The van der Waals surface area contributed by atoms with E-state index in [4.69, 9.17) is 29.6 Å². The molecule has 3 N–H and O–H groups in total. The molecule has 0 bridgehead atoms.